The van der Waals surface area contributed by atoms with Gasteiger partial charge in [-0.05, 0) is 31.0 Å². The largest absolute Gasteiger partial charge is 0.324 e. The summed E-state index contributed by atoms with van der Waals surface area (Å²) in [6.07, 6.45) is 0.597. The van der Waals surface area contributed by atoms with Crippen LogP contribution < -0.4 is 5.73 Å². The Labute approximate surface area is 76.6 Å². The van der Waals surface area contributed by atoms with Gasteiger partial charge in [-0.25, -0.2) is 8.78 Å². The molecule has 0 unspecified atom stereocenters. The number of aryl methyl sites for hydroxylation is 1. The predicted molar refractivity (Wildman–Crippen MR) is 48.3 cm³/mol. The Morgan fingerprint density at radius 3 is 2.46 bits per heavy atom. The minimum atomic E-state index is -0.423. The van der Waals surface area contributed by atoms with E-state index in [1.165, 1.54) is 19.1 Å². The summed E-state index contributed by atoms with van der Waals surface area (Å²) < 4.78 is 26.3. The number of nitrogens with two attached hydrogens (primary N) is 1. The Morgan fingerprint density at radius 2 is 1.92 bits per heavy atom. The van der Waals surface area contributed by atoms with E-state index in [-0.39, 0.29) is 5.56 Å². The third kappa shape index (κ3) is 2.04. The topological polar surface area (TPSA) is 26.0 Å². The first-order valence-electron chi connectivity index (χ1n) is 4.27. The first-order valence-corrected chi connectivity index (χ1v) is 4.27. The molecule has 1 atom stereocenters. The third-order valence-corrected chi connectivity index (χ3v) is 2.12. The van der Waals surface area contributed by atoms with Crippen LogP contribution in [-0.2, 0) is 0 Å². The molecule has 0 saturated carbocycles. The summed E-state index contributed by atoms with van der Waals surface area (Å²) in [5.41, 5.74) is 6.17. The molecule has 0 bridgehead atoms. The van der Waals surface area contributed by atoms with Crippen molar-refractivity contribution < 1.29 is 8.78 Å². The zero-order valence-corrected chi connectivity index (χ0v) is 7.77. The van der Waals surface area contributed by atoms with E-state index in [1.54, 1.807) is 0 Å². The predicted octanol–water partition coefficient (Wildman–Crippen LogP) is 2.68. The number of halogens is 2. The van der Waals surface area contributed by atoms with Crippen molar-refractivity contribution in [3.05, 3.63) is 34.9 Å². The molecule has 0 fully saturated rings. The van der Waals surface area contributed by atoms with Gasteiger partial charge in [0.1, 0.15) is 11.6 Å². The summed E-state index contributed by atoms with van der Waals surface area (Å²) in [4.78, 5) is 0. The highest BCUT2D eigenvalue weighted by atomic mass is 19.1. The fourth-order valence-corrected chi connectivity index (χ4v) is 1.17. The number of hydrogen-bond acceptors (Lipinski definition) is 1. The Bertz CT molecular complexity index is 310. The lowest BCUT2D eigenvalue weighted by molar-refractivity contribution is 0.552. The van der Waals surface area contributed by atoms with Crippen LogP contribution in [0.2, 0.25) is 0 Å². The molecule has 0 aliphatic rings. The van der Waals surface area contributed by atoms with Crippen LogP contribution in [0.15, 0.2) is 12.1 Å². The van der Waals surface area contributed by atoms with E-state index in [0.717, 1.165) is 0 Å². The third-order valence-electron chi connectivity index (χ3n) is 2.12. The second-order valence-electron chi connectivity index (χ2n) is 3.14. The van der Waals surface area contributed by atoms with Gasteiger partial charge in [-0.2, -0.15) is 0 Å². The highest BCUT2D eigenvalue weighted by Gasteiger charge is 2.12. The van der Waals surface area contributed by atoms with Gasteiger partial charge in [0, 0.05) is 11.6 Å². The van der Waals surface area contributed by atoms with Crippen molar-refractivity contribution in [3.8, 4) is 0 Å². The molecule has 1 rings (SSSR count). The summed E-state index contributed by atoms with van der Waals surface area (Å²) in [5.74, 6) is -0.825. The fraction of sp³-hybridized carbons (Fsp3) is 0.400. The second kappa shape index (κ2) is 3.83. The smallest absolute Gasteiger partial charge is 0.128 e. The van der Waals surface area contributed by atoms with E-state index >= 15 is 0 Å². The normalized spacial score (nSPS) is 13.0. The summed E-state index contributed by atoms with van der Waals surface area (Å²) in [7, 11) is 0. The van der Waals surface area contributed by atoms with E-state index in [4.69, 9.17) is 5.73 Å². The highest BCUT2D eigenvalue weighted by molar-refractivity contribution is 5.27. The molecule has 0 amide bonds. The van der Waals surface area contributed by atoms with Gasteiger partial charge in [0.2, 0.25) is 0 Å². The molecule has 72 valence electrons. The van der Waals surface area contributed by atoms with Crippen LogP contribution in [0.25, 0.3) is 0 Å². The minimum Gasteiger partial charge on any atom is -0.324 e. The van der Waals surface area contributed by atoms with Gasteiger partial charge in [-0.1, -0.05) is 6.92 Å². The summed E-state index contributed by atoms with van der Waals surface area (Å²) in [6.45, 7) is 3.36. The lowest BCUT2D eigenvalue weighted by Crippen LogP contribution is -2.11. The zero-order chi connectivity index (χ0) is 10.0. The van der Waals surface area contributed by atoms with Crippen LogP contribution in [0.3, 0.4) is 0 Å². The molecule has 0 aliphatic carbocycles. The minimum absolute atomic E-state index is 0.255. The Morgan fingerprint density at radius 1 is 1.31 bits per heavy atom. The van der Waals surface area contributed by atoms with Crippen molar-refractivity contribution in [1.82, 2.24) is 0 Å². The van der Waals surface area contributed by atoms with Crippen LogP contribution in [0.1, 0.15) is 30.5 Å². The average Bonchev–Trinajstić information content (AvgIpc) is 2.10. The van der Waals surface area contributed by atoms with Gasteiger partial charge in [-0.15, -0.1) is 0 Å². The van der Waals surface area contributed by atoms with E-state index in [0.29, 0.717) is 12.0 Å². The van der Waals surface area contributed by atoms with Crippen LogP contribution in [-0.4, -0.2) is 0 Å². The quantitative estimate of drug-likeness (QED) is 0.753. The van der Waals surface area contributed by atoms with E-state index in [1.807, 2.05) is 6.92 Å². The number of hydrogen-bond donors (Lipinski definition) is 1. The molecule has 0 heterocycles. The van der Waals surface area contributed by atoms with E-state index in [2.05, 4.69) is 0 Å². The van der Waals surface area contributed by atoms with Gasteiger partial charge in [-0.3, -0.25) is 0 Å². The Kier molecular flexibility index (Phi) is 2.98. The van der Waals surface area contributed by atoms with Crippen molar-refractivity contribution >= 4 is 0 Å². The molecule has 0 aliphatic heterocycles. The van der Waals surface area contributed by atoms with Crippen molar-refractivity contribution in [2.45, 2.75) is 26.3 Å². The maximum atomic E-state index is 13.2. The number of benzene rings is 1. The average molecular weight is 185 g/mol. The molecular weight excluding hydrogens is 172 g/mol. The maximum Gasteiger partial charge on any atom is 0.128 e. The van der Waals surface area contributed by atoms with Crippen molar-refractivity contribution in [2.75, 3.05) is 0 Å². The van der Waals surface area contributed by atoms with Crippen molar-refractivity contribution in [3.63, 3.8) is 0 Å². The van der Waals surface area contributed by atoms with Crippen molar-refractivity contribution in [2.24, 2.45) is 5.73 Å². The van der Waals surface area contributed by atoms with Gasteiger partial charge < -0.3 is 5.73 Å². The SMILES string of the molecule is CC[C@H](N)c1cc(F)c(C)cc1F. The number of rotatable bonds is 2. The molecule has 3 heteroatoms. The maximum absolute atomic E-state index is 13.2. The molecule has 13 heavy (non-hydrogen) atoms. The van der Waals surface area contributed by atoms with Crippen molar-refractivity contribution in [1.29, 1.82) is 0 Å². The molecule has 0 spiro atoms. The molecule has 1 aromatic carbocycles. The molecule has 0 aromatic heterocycles. The standard InChI is InChI=1S/C10H13F2N/c1-3-10(13)7-5-8(11)6(2)4-9(7)12/h4-5,10H,3,13H2,1-2H3/t10-/m0/s1. The molecule has 1 aromatic rings. The Hall–Kier alpha value is -0.960. The van der Waals surface area contributed by atoms with Gasteiger partial charge in [0.05, 0.1) is 0 Å². The monoisotopic (exact) mass is 185 g/mol. The van der Waals surface area contributed by atoms with Gasteiger partial charge in [0.25, 0.3) is 0 Å². The van der Waals surface area contributed by atoms with E-state index < -0.39 is 17.7 Å². The molecule has 1 nitrogen and oxygen atoms in total. The van der Waals surface area contributed by atoms with Crippen LogP contribution in [0.4, 0.5) is 8.78 Å². The second-order valence-corrected chi connectivity index (χ2v) is 3.14. The summed E-state index contributed by atoms with van der Waals surface area (Å²) in [6, 6.07) is 1.94. The molecular formula is C10H13F2N. The lowest BCUT2D eigenvalue weighted by Gasteiger charge is -2.11. The highest BCUT2D eigenvalue weighted by Crippen LogP contribution is 2.20. The Balaban J connectivity index is 3.15. The fourth-order valence-electron chi connectivity index (χ4n) is 1.17. The first-order chi connectivity index (χ1) is 6.06. The van der Waals surface area contributed by atoms with Gasteiger partial charge >= 0.3 is 0 Å². The summed E-state index contributed by atoms with van der Waals surface area (Å²) in [5, 5.41) is 0. The molecule has 2 N–H and O–H groups in total. The van der Waals surface area contributed by atoms with Gasteiger partial charge in [0.15, 0.2) is 0 Å². The molecule has 0 radical (unpaired) electrons. The first kappa shape index (κ1) is 10.1. The lowest BCUT2D eigenvalue weighted by atomic mass is 10.0. The van der Waals surface area contributed by atoms with Crippen LogP contribution in [0.5, 0.6) is 0 Å². The zero-order valence-electron chi connectivity index (χ0n) is 7.77. The van der Waals surface area contributed by atoms with Crippen LogP contribution in [0, 0.1) is 18.6 Å². The van der Waals surface area contributed by atoms with Crippen LogP contribution >= 0.6 is 0 Å². The summed E-state index contributed by atoms with van der Waals surface area (Å²) >= 11 is 0. The molecule has 0 saturated heterocycles. The van der Waals surface area contributed by atoms with E-state index in [9.17, 15) is 8.78 Å².